The van der Waals surface area contributed by atoms with E-state index in [4.69, 9.17) is 9.97 Å². The van der Waals surface area contributed by atoms with Crippen molar-refractivity contribution in [2.45, 2.75) is 80.1 Å². The Morgan fingerprint density at radius 3 is 2.18 bits per heavy atom. The summed E-state index contributed by atoms with van der Waals surface area (Å²) in [7, 11) is 0. The number of allylic oxidation sites excluding steroid dienone is 2. The summed E-state index contributed by atoms with van der Waals surface area (Å²) in [5.74, 6) is 0.286. The maximum Gasteiger partial charge on any atom is 0.164 e. The van der Waals surface area contributed by atoms with Crippen molar-refractivity contribution in [3.63, 3.8) is 0 Å². The minimum absolute atomic E-state index is 0. The van der Waals surface area contributed by atoms with Gasteiger partial charge in [-0.25, -0.2) is 4.98 Å². The van der Waals surface area contributed by atoms with Gasteiger partial charge >= 0.3 is 0 Å². The number of aryl methyl sites for hydroxylation is 2. The van der Waals surface area contributed by atoms with Crippen LogP contribution in [0.4, 0.5) is 0 Å². The van der Waals surface area contributed by atoms with Gasteiger partial charge in [0.1, 0.15) is 12.1 Å². The van der Waals surface area contributed by atoms with E-state index in [2.05, 4.69) is 91.0 Å². The summed E-state index contributed by atoms with van der Waals surface area (Å²) in [6.07, 6.45) is 8.61. The van der Waals surface area contributed by atoms with Crippen LogP contribution in [0.1, 0.15) is 77.7 Å². The van der Waals surface area contributed by atoms with Gasteiger partial charge in [-0.15, -0.1) is 34.9 Å². The van der Waals surface area contributed by atoms with Crippen molar-refractivity contribution in [2.75, 3.05) is 0 Å². The SMILES string of the molecule is CCC(C)(CC)C(=O)/C=C(\O)C(C)(CC)CC.[Ir].[c-]1c(-c2ncnc3c4c(sc23)CCc2ccccc2-4)cc(-c2ccccc2)c2ccccc12. The van der Waals surface area contributed by atoms with E-state index in [0.717, 1.165) is 65.4 Å². The third-order valence-electron chi connectivity index (χ3n) is 11.2. The van der Waals surface area contributed by atoms with E-state index in [1.807, 2.05) is 52.9 Å². The van der Waals surface area contributed by atoms with E-state index in [1.165, 1.54) is 44.2 Å². The van der Waals surface area contributed by atoms with Crippen LogP contribution < -0.4 is 0 Å². The number of rotatable bonds is 9. The van der Waals surface area contributed by atoms with E-state index < -0.39 is 0 Å². The number of hydrogen-bond donors (Lipinski definition) is 1. The number of aromatic nitrogens is 2. The van der Waals surface area contributed by atoms with Crippen LogP contribution in [0, 0.1) is 16.9 Å². The average molecular weight is 872 g/mol. The number of aliphatic hydroxyl groups excluding tert-OH is 1. The number of thiophene rings is 1. The zero-order chi connectivity index (χ0) is 35.5. The molecule has 4 aromatic carbocycles. The minimum Gasteiger partial charge on any atom is -0.512 e. The van der Waals surface area contributed by atoms with Gasteiger partial charge in [-0.1, -0.05) is 131 Å². The predicted molar refractivity (Wildman–Crippen MR) is 211 cm³/mol. The number of hydrogen-bond acceptors (Lipinski definition) is 5. The number of aliphatic hydroxyl groups is 1. The van der Waals surface area contributed by atoms with Gasteiger partial charge in [-0.05, 0) is 55.2 Å². The Morgan fingerprint density at radius 2 is 1.47 bits per heavy atom. The molecule has 2 aromatic heterocycles. The first-order valence-electron chi connectivity index (χ1n) is 18.0. The molecule has 0 spiro atoms. The molecule has 0 atom stereocenters. The van der Waals surface area contributed by atoms with Crippen LogP contribution >= 0.6 is 11.3 Å². The average Bonchev–Trinajstić information content (AvgIpc) is 3.57. The molecule has 51 heavy (non-hydrogen) atoms. The molecule has 265 valence electrons. The molecule has 1 radical (unpaired) electrons. The normalized spacial score (nSPS) is 12.8. The minimum atomic E-state index is -0.337. The van der Waals surface area contributed by atoms with Gasteiger partial charge in [0.25, 0.3) is 0 Å². The van der Waals surface area contributed by atoms with E-state index in [1.54, 1.807) is 6.33 Å². The second-order valence-corrected chi connectivity index (χ2v) is 15.0. The first-order valence-corrected chi connectivity index (χ1v) is 18.8. The number of carbonyl (C=O) groups excluding carboxylic acids is 1. The van der Waals surface area contributed by atoms with Crippen molar-refractivity contribution in [1.82, 2.24) is 9.97 Å². The van der Waals surface area contributed by atoms with Gasteiger partial charge in [0.2, 0.25) is 0 Å². The van der Waals surface area contributed by atoms with Crippen molar-refractivity contribution in [3.8, 4) is 33.5 Å². The Kier molecular flexibility index (Phi) is 12.1. The van der Waals surface area contributed by atoms with Crippen molar-refractivity contribution in [1.29, 1.82) is 0 Å². The van der Waals surface area contributed by atoms with E-state index in [-0.39, 0.29) is 42.5 Å². The molecule has 0 amide bonds. The van der Waals surface area contributed by atoms with Crippen molar-refractivity contribution >= 4 is 38.1 Å². The van der Waals surface area contributed by atoms with Gasteiger partial charge in [-0.3, -0.25) is 9.78 Å². The standard InChI is InChI=1S/C30H19N2S.C15H28O2.Ir/c1-2-8-19(9-3-1)25-17-22(16-21-11-5-6-12-23(21)25)28-30-29(32-18-31-28)27-24-13-7-4-10-20(24)14-15-26(27)33-30;1-7-14(5,8-2)12(16)11-13(17)15(6,9-3)10-4;/h1-13,17-18H,14-15H2;11,16H,7-10H2,1-6H3;/q-1;;/b;12-11-;. The molecule has 1 aliphatic rings. The molecule has 1 aliphatic carbocycles. The molecule has 0 saturated heterocycles. The van der Waals surface area contributed by atoms with Crippen molar-refractivity contribution in [3.05, 3.63) is 120 Å². The monoisotopic (exact) mass is 872 g/mol. The molecule has 7 rings (SSSR count). The Morgan fingerprint density at radius 1 is 0.824 bits per heavy atom. The van der Waals surface area contributed by atoms with Crippen molar-refractivity contribution in [2.24, 2.45) is 10.8 Å². The molecular formula is C45H47IrN2O2S-. The third kappa shape index (κ3) is 7.51. The number of ketones is 1. The quantitative estimate of drug-likeness (QED) is 0.0893. The van der Waals surface area contributed by atoms with E-state index in [0.29, 0.717) is 0 Å². The summed E-state index contributed by atoms with van der Waals surface area (Å²) in [4.78, 5) is 23.1. The summed E-state index contributed by atoms with van der Waals surface area (Å²) in [5, 5.41) is 12.4. The number of nitrogens with zero attached hydrogens (tertiary/aromatic N) is 2. The molecular weight excluding hydrogens is 825 g/mol. The molecule has 0 aliphatic heterocycles. The summed E-state index contributed by atoms with van der Waals surface area (Å²) in [6, 6.07) is 33.7. The predicted octanol–water partition coefficient (Wildman–Crippen LogP) is 12.4. The van der Waals surface area contributed by atoms with Crippen LogP contribution in [0.15, 0.2) is 103 Å². The smallest absolute Gasteiger partial charge is 0.164 e. The molecule has 6 aromatic rings. The summed E-state index contributed by atoms with van der Waals surface area (Å²) in [5.41, 5.74) is 8.89. The van der Waals surface area contributed by atoms with E-state index in [9.17, 15) is 9.90 Å². The van der Waals surface area contributed by atoms with Crippen LogP contribution in [-0.2, 0) is 37.7 Å². The van der Waals surface area contributed by atoms with Crippen LogP contribution in [0.2, 0.25) is 0 Å². The Bertz CT molecular complexity index is 2180. The number of carbonyl (C=O) groups is 1. The molecule has 0 bridgehead atoms. The second-order valence-electron chi connectivity index (χ2n) is 13.9. The van der Waals surface area contributed by atoms with Crippen LogP contribution in [0.5, 0.6) is 0 Å². The first kappa shape index (κ1) is 38.3. The maximum atomic E-state index is 12.2. The maximum absolute atomic E-state index is 12.2. The largest absolute Gasteiger partial charge is 0.512 e. The number of benzene rings is 4. The molecule has 1 N–H and O–H groups in total. The molecule has 0 fully saturated rings. The first-order chi connectivity index (χ1) is 24.2. The Balaban J connectivity index is 0.000000242. The van der Waals surface area contributed by atoms with Gasteiger partial charge in [0.05, 0.1) is 5.52 Å². The molecule has 0 saturated carbocycles. The summed E-state index contributed by atoms with van der Waals surface area (Å²) >= 11 is 1.85. The van der Waals surface area contributed by atoms with Crippen LogP contribution in [-0.4, -0.2) is 20.9 Å². The van der Waals surface area contributed by atoms with Gasteiger partial charge < -0.3 is 5.11 Å². The Hall–Kier alpha value is -3.96. The summed E-state index contributed by atoms with van der Waals surface area (Å²) < 4.78 is 1.16. The molecule has 6 heteroatoms. The van der Waals surface area contributed by atoms with Crippen LogP contribution in [0.3, 0.4) is 0 Å². The zero-order valence-electron chi connectivity index (χ0n) is 30.5. The molecule has 4 nitrogen and oxygen atoms in total. The Labute approximate surface area is 320 Å². The van der Waals surface area contributed by atoms with Gasteiger partial charge in [0.15, 0.2) is 5.78 Å². The van der Waals surface area contributed by atoms with Crippen molar-refractivity contribution < 1.29 is 30.0 Å². The fraction of sp³-hybridized carbons (Fsp3) is 0.311. The zero-order valence-corrected chi connectivity index (χ0v) is 33.7. The summed E-state index contributed by atoms with van der Waals surface area (Å²) in [6.45, 7) is 12.1. The fourth-order valence-corrected chi connectivity index (χ4v) is 8.00. The van der Waals surface area contributed by atoms with Gasteiger partial charge in [-0.2, -0.15) is 0 Å². The van der Waals surface area contributed by atoms with Gasteiger partial charge in [0, 0.05) is 57.8 Å². The topological polar surface area (TPSA) is 63.1 Å². The van der Waals surface area contributed by atoms with Crippen LogP contribution in [0.25, 0.3) is 54.5 Å². The second kappa shape index (κ2) is 16.2. The fourth-order valence-electron chi connectivity index (χ4n) is 6.73. The van der Waals surface area contributed by atoms with E-state index >= 15 is 0 Å². The number of fused-ring (bicyclic) bond motifs is 6. The molecule has 0 unspecified atom stereocenters. The third-order valence-corrected chi connectivity index (χ3v) is 12.4. The molecule has 2 heterocycles.